The van der Waals surface area contributed by atoms with Gasteiger partial charge in [-0.05, 0) is 66.8 Å². The number of amides is 1. The highest BCUT2D eigenvalue weighted by Gasteiger charge is 2.36. The number of fused-ring (bicyclic) bond motifs is 1. The van der Waals surface area contributed by atoms with E-state index in [0.717, 1.165) is 87.5 Å². The van der Waals surface area contributed by atoms with Crippen molar-refractivity contribution in [2.24, 2.45) is 11.8 Å². The lowest BCUT2D eigenvalue weighted by Gasteiger charge is -2.39. The van der Waals surface area contributed by atoms with E-state index in [1.165, 1.54) is 5.56 Å². The van der Waals surface area contributed by atoms with Gasteiger partial charge in [0.25, 0.3) is 0 Å². The van der Waals surface area contributed by atoms with Crippen LogP contribution in [0.1, 0.15) is 54.7 Å². The first-order valence-electron chi connectivity index (χ1n) is 17.4. The van der Waals surface area contributed by atoms with Gasteiger partial charge in [-0.15, -0.1) is 0 Å². The zero-order valence-corrected chi connectivity index (χ0v) is 28.5. The van der Waals surface area contributed by atoms with Gasteiger partial charge in [0.2, 0.25) is 5.91 Å². The van der Waals surface area contributed by atoms with Crippen LogP contribution < -0.4 is 20.3 Å². The molecule has 2 heterocycles. The van der Waals surface area contributed by atoms with Crippen LogP contribution in [-0.2, 0) is 41.7 Å². The number of hydrogen-bond acceptors (Lipinski definition) is 9. The van der Waals surface area contributed by atoms with E-state index >= 15 is 0 Å². The van der Waals surface area contributed by atoms with Crippen molar-refractivity contribution in [3.05, 3.63) is 59.2 Å². The van der Waals surface area contributed by atoms with E-state index in [1.54, 1.807) is 21.3 Å². The third-order valence-electron chi connectivity index (χ3n) is 9.87. The van der Waals surface area contributed by atoms with Gasteiger partial charge in [-0.1, -0.05) is 30.3 Å². The van der Waals surface area contributed by atoms with E-state index in [-0.39, 0.29) is 35.9 Å². The second-order valence-corrected chi connectivity index (χ2v) is 13.0. The van der Waals surface area contributed by atoms with Crippen LogP contribution in [-0.4, -0.2) is 98.6 Å². The summed E-state index contributed by atoms with van der Waals surface area (Å²) in [5.74, 6) is 1.45. The SMILES string of the molecule is COCCCN1CCOc2ccc(CO[C@H]3CNC[C@@H](CNC(=O)C4CCC(OC)CC4)[C@@H]3c3ccc(COCCOC)cc3)cc21. The molecule has 0 radical (unpaired) electrons. The number of rotatable bonds is 17. The molecule has 1 aliphatic carbocycles. The predicted octanol–water partition coefficient (Wildman–Crippen LogP) is 4.29. The molecule has 10 nitrogen and oxygen atoms in total. The van der Waals surface area contributed by atoms with Crippen LogP contribution in [0.15, 0.2) is 42.5 Å². The summed E-state index contributed by atoms with van der Waals surface area (Å²) in [6, 6.07) is 15.1. The van der Waals surface area contributed by atoms with E-state index in [1.807, 2.05) is 0 Å². The number of carbonyl (C=O) groups excluding carboxylic acids is 1. The van der Waals surface area contributed by atoms with Crippen molar-refractivity contribution < 1.29 is 33.2 Å². The Hall–Kier alpha value is -2.73. The van der Waals surface area contributed by atoms with Gasteiger partial charge in [0.15, 0.2) is 0 Å². The highest BCUT2D eigenvalue weighted by molar-refractivity contribution is 5.78. The standard InChI is InChI=1S/C37H55N3O7/c1-42-17-4-15-40-16-18-46-34-14-7-28(21-33(34)40)26-47-35-24-38-22-31(23-39-37(41)30-10-12-32(44-3)13-11-30)36(35)29-8-5-27(6-9-29)25-45-20-19-43-2/h5-9,14,21,30-32,35-36,38H,4,10-13,15-20,22-26H2,1-3H3,(H,39,41)/t30?,31-,32?,35-,36-/m0/s1. The third-order valence-corrected chi connectivity index (χ3v) is 9.87. The Labute approximate surface area is 280 Å². The maximum absolute atomic E-state index is 13.2. The van der Waals surface area contributed by atoms with E-state index in [9.17, 15) is 4.79 Å². The van der Waals surface area contributed by atoms with Gasteiger partial charge in [0.1, 0.15) is 12.4 Å². The molecule has 5 rings (SSSR count). The molecule has 260 valence electrons. The Morgan fingerprint density at radius 3 is 2.49 bits per heavy atom. The summed E-state index contributed by atoms with van der Waals surface area (Å²) in [4.78, 5) is 15.6. The Morgan fingerprint density at radius 2 is 1.72 bits per heavy atom. The molecule has 3 aliphatic rings. The van der Waals surface area contributed by atoms with Crippen molar-refractivity contribution in [1.82, 2.24) is 10.6 Å². The molecule has 1 saturated heterocycles. The van der Waals surface area contributed by atoms with Crippen molar-refractivity contribution in [3.63, 3.8) is 0 Å². The summed E-state index contributed by atoms with van der Waals surface area (Å²) in [6.07, 6.45) is 4.84. The van der Waals surface area contributed by atoms with Crippen LogP contribution >= 0.6 is 0 Å². The Morgan fingerprint density at radius 1 is 0.936 bits per heavy atom. The molecule has 2 fully saturated rings. The van der Waals surface area contributed by atoms with Gasteiger partial charge in [-0.25, -0.2) is 0 Å². The largest absolute Gasteiger partial charge is 0.490 e. The number of methoxy groups -OCH3 is 3. The number of ether oxygens (including phenoxy) is 6. The molecule has 2 aliphatic heterocycles. The van der Waals surface area contributed by atoms with Crippen LogP contribution in [0.4, 0.5) is 5.69 Å². The van der Waals surface area contributed by atoms with Crippen LogP contribution in [0.2, 0.25) is 0 Å². The average molecular weight is 654 g/mol. The van der Waals surface area contributed by atoms with Gasteiger partial charge in [-0.3, -0.25) is 4.79 Å². The number of piperidine rings is 1. The topological polar surface area (TPSA) is 99.8 Å². The zero-order chi connectivity index (χ0) is 32.8. The van der Waals surface area contributed by atoms with Crippen LogP contribution in [0, 0.1) is 11.8 Å². The van der Waals surface area contributed by atoms with Crippen molar-refractivity contribution in [2.45, 2.75) is 63.4 Å². The molecular weight excluding hydrogens is 598 g/mol. The molecule has 2 N–H and O–H groups in total. The highest BCUT2D eigenvalue weighted by Crippen LogP contribution is 2.36. The second-order valence-electron chi connectivity index (χ2n) is 13.0. The van der Waals surface area contributed by atoms with Gasteiger partial charge in [0, 0.05) is 66.0 Å². The number of nitrogens with zero attached hydrogens (tertiary/aromatic N) is 1. The molecule has 0 spiro atoms. The maximum Gasteiger partial charge on any atom is 0.223 e. The minimum absolute atomic E-state index is 0.0582. The molecule has 2 aromatic carbocycles. The minimum atomic E-state index is -0.0586. The lowest BCUT2D eigenvalue weighted by Crippen LogP contribution is -2.50. The van der Waals surface area contributed by atoms with Gasteiger partial charge in [0.05, 0.1) is 50.9 Å². The summed E-state index contributed by atoms with van der Waals surface area (Å²) in [5.41, 5.74) is 4.59. The number of benzene rings is 2. The summed E-state index contributed by atoms with van der Waals surface area (Å²) >= 11 is 0. The van der Waals surface area contributed by atoms with Crippen LogP contribution in [0.3, 0.4) is 0 Å². The first-order valence-corrected chi connectivity index (χ1v) is 17.4. The van der Waals surface area contributed by atoms with Crippen molar-refractivity contribution >= 4 is 11.6 Å². The number of hydrogen-bond donors (Lipinski definition) is 2. The quantitative estimate of drug-likeness (QED) is 0.242. The van der Waals surface area contributed by atoms with E-state index in [0.29, 0.717) is 39.6 Å². The molecule has 3 atom stereocenters. The lowest BCUT2D eigenvalue weighted by atomic mass is 9.78. The normalized spacial score (nSPS) is 24.4. The summed E-state index contributed by atoms with van der Waals surface area (Å²) in [7, 11) is 5.19. The van der Waals surface area contributed by atoms with E-state index in [4.69, 9.17) is 28.4 Å². The monoisotopic (exact) mass is 653 g/mol. The molecule has 2 aromatic rings. The molecule has 0 bridgehead atoms. The van der Waals surface area contributed by atoms with Crippen LogP contribution in [0.5, 0.6) is 5.75 Å². The molecule has 0 unspecified atom stereocenters. The van der Waals surface area contributed by atoms with Gasteiger partial charge in [-0.2, -0.15) is 0 Å². The van der Waals surface area contributed by atoms with E-state index < -0.39 is 0 Å². The third kappa shape index (κ3) is 10.1. The summed E-state index contributed by atoms with van der Waals surface area (Å²) in [6.45, 7) is 7.58. The smallest absolute Gasteiger partial charge is 0.223 e. The Bertz CT molecular complexity index is 1220. The van der Waals surface area contributed by atoms with Gasteiger partial charge < -0.3 is 44.0 Å². The van der Waals surface area contributed by atoms with E-state index in [2.05, 4.69) is 58.0 Å². The zero-order valence-electron chi connectivity index (χ0n) is 28.5. The fraction of sp³-hybridized carbons (Fsp3) is 0.649. The molecule has 10 heteroatoms. The number of anilines is 1. The first kappa shape index (κ1) is 35.6. The molecule has 47 heavy (non-hydrogen) atoms. The predicted molar refractivity (Wildman–Crippen MR) is 182 cm³/mol. The average Bonchev–Trinajstić information content (AvgIpc) is 3.12. The van der Waals surface area contributed by atoms with Crippen molar-refractivity contribution in [3.8, 4) is 5.75 Å². The Kier molecular flexibility index (Phi) is 14.2. The van der Waals surface area contributed by atoms with Gasteiger partial charge >= 0.3 is 0 Å². The van der Waals surface area contributed by atoms with Crippen LogP contribution in [0.25, 0.3) is 0 Å². The fourth-order valence-electron chi connectivity index (χ4n) is 7.17. The molecule has 1 saturated carbocycles. The highest BCUT2D eigenvalue weighted by atomic mass is 16.5. The van der Waals surface area contributed by atoms with Crippen molar-refractivity contribution in [2.75, 3.05) is 85.4 Å². The number of carbonyl (C=O) groups is 1. The molecule has 0 aromatic heterocycles. The molecule has 1 amide bonds. The lowest BCUT2D eigenvalue weighted by molar-refractivity contribution is -0.127. The molecular formula is C37H55N3O7. The van der Waals surface area contributed by atoms with Crippen molar-refractivity contribution in [1.29, 1.82) is 0 Å². The minimum Gasteiger partial charge on any atom is -0.490 e. The fourth-order valence-corrected chi connectivity index (χ4v) is 7.17. The first-order chi connectivity index (χ1) is 23.1. The number of nitrogens with one attached hydrogen (secondary N) is 2. The Balaban J connectivity index is 1.27. The summed E-state index contributed by atoms with van der Waals surface area (Å²) < 4.78 is 34.4. The second kappa shape index (κ2) is 18.7. The summed E-state index contributed by atoms with van der Waals surface area (Å²) in [5, 5.41) is 6.93. The maximum atomic E-state index is 13.2.